The molecule has 0 saturated heterocycles. The van der Waals surface area contributed by atoms with Gasteiger partial charge in [0.05, 0.1) is 0 Å². The number of carbonyl (C=O) groups excluding carboxylic acids is 1. The van der Waals surface area contributed by atoms with E-state index >= 15 is 0 Å². The van der Waals surface area contributed by atoms with Crippen molar-refractivity contribution in [2.45, 2.75) is 0 Å². The van der Waals surface area contributed by atoms with Crippen LogP contribution in [0.25, 0.3) is 16.5 Å². The second-order valence-electron chi connectivity index (χ2n) is 3.71. The van der Waals surface area contributed by atoms with Gasteiger partial charge in [-0.2, -0.15) is 0 Å². The average Bonchev–Trinajstić information content (AvgIpc) is 2.85. The van der Waals surface area contributed by atoms with Crippen molar-refractivity contribution in [1.82, 2.24) is 0 Å². The molecule has 2 aromatic rings. The molecule has 0 aliphatic carbocycles. The van der Waals surface area contributed by atoms with Gasteiger partial charge in [0.2, 0.25) is 0 Å². The summed E-state index contributed by atoms with van der Waals surface area (Å²) in [5, 5.41) is 8.47. The zero-order valence-electron chi connectivity index (χ0n) is 9.67. The summed E-state index contributed by atoms with van der Waals surface area (Å²) in [7, 11) is 0. The van der Waals surface area contributed by atoms with Crippen molar-refractivity contribution in [3.05, 3.63) is 51.8 Å². The molecule has 0 atom stereocenters. The lowest BCUT2D eigenvalue weighted by molar-refractivity contribution is -0.146. The highest BCUT2D eigenvalue weighted by molar-refractivity contribution is 9.10. The summed E-state index contributed by atoms with van der Waals surface area (Å²) in [5.74, 6) is -2.36. The Morgan fingerprint density at radius 2 is 1.79 bits per heavy atom. The van der Waals surface area contributed by atoms with Gasteiger partial charge in [-0.05, 0) is 42.0 Å². The maximum atomic E-state index is 10.9. The van der Waals surface area contributed by atoms with E-state index in [1.54, 1.807) is 0 Å². The van der Waals surface area contributed by atoms with E-state index in [0.29, 0.717) is 0 Å². The highest BCUT2D eigenvalue weighted by Crippen LogP contribution is 2.29. The number of thiophene rings is 1. The molecular weight excluding hydrogens is 328 g/mol. The van der Waals surface area contributed by atoms with Crippen LogP contribution in [0.5, 0.6) is 0 Å². The Balaban J connectivity index is 2.17. The number of rotatable bonds is 4. The quantitative estimate of drug-likeness (QED) is 0.681. The van der Waals surface area contributed by atoms with Gasteiger partial charge < -0.3 is 5.11 Å². The first-order valence-electron chi connectivity index (χ1n) is 5.37. The number of benzene rings is 1. The van der Waals surface area contributed by atoms with E-state index in [-0.39, 0.29) is 0 Å². The maximum Gasteiger partial charge on any atom is 0.376 e. The normalized spacial score (nSPS) is 10.8. The fourth-order valence-electron chi connectivity index (χ4n) is 1.44. The number of carboxylic acids is 1. The summed E-state index contributed by atoms with van der Waals surface area (Å²) in [6.45, 7) is 0. The predicted octanol–water partition coefficient (Wildman–Crippen LogP) is 3.84. The fourth-order valence-corrected chi connectivity index (χ4v) is 2.62. The number of hydrogen-bond acceptors (Lipinski definition) is 3. The van der Waals surface area contributed by atoms with Crippen LogP contribution in [0.3, 0.4) is 0 Å². The maximum absolute atomic E-state index is 10.9. The fraction of sp³-hybridized carbons (Fsp3) is 0. The largest absolute Gasteiger partial charge is 0.475 e. The van der Waals surface area contributed by atoms with Crippen LogP contribution in [0.2, 0.25) is 0 Å². The number of halogens is 1. The summed E-state index contributed by atoms with van der Waals surface area (Å²) < 4.78 is 1.01. The lowest BCUT2D eigenvalue weighted by atomic mass is 10.2. The van der Waals surface area contributed by atoms with E-state index in [2.05, 4.69) is 15.9 Å². The number of carboxylic acid groups (broad SMARTS) is 1. The van der Waals surface area contributed by atoms with Crippen molar-refractivity contribution in [3.8, 4) is 10.4 Å². The summed E-state index contributed by atoms with van der Waals surface area (Å²) >= 11 is 4.87. The van der Waals surface area contributed by atoms with Gasteiger partial charge in [-0.3, -0.25) is 4.79 Å². The molecular formula is C14H9BrO3S. The van der Waals surface area contributed by atoms with Gasteiger partial charge >= 0.3 is 5.97 Å². The molecule has 0 aliphatic heterocycles. The van der Waals surface area contributed by atoms with Crippen molar-refractivity contribution < 1.29 is 14.7 Å². The minimum Gasteiger partial charge on any atom is -0.475 e. The summed E-state index contributed by atoms with van der Waals surface area (Å²) in [6, 6.07) is 11.7. The van der Waals surface area contributed by atoms with Crippen LogP contribution < -0.4 is 0 Å². The van der Waals surface area contributed by atoms with Crippen molar-refractivity contribution in [3.63, 3.8) is 0 Å². The third-order valence-electron chi connectivity index (χ3n) is 2.37. The van der Waals surface area contributed by atoms with E-state index in [1.807, 2.05) is 36.4 Å². The van der Waals surface area contributed by atoms with E-state index in [0.717, 1.165) is 25.9 Å². The minimum atomic E-state index is -1.44. The highest BCUT2D eigenvalue weighted by atomic mass is 79.9. The molecule has 1 aromatic heterocycles. The lowest BCUT2D eigenvalue weighted by Gasteiger charge is -1.96. The van der Waals surface area contributed by atoms with Crippen molar-refractivity contribution >= 4 is 45.1 Å². The van der Waals surface area contributed by atoms with Crippen molar-refractivity contribution in [2.24, 2.45) is 0 Å². The van der Waals surface area contributed by atoms with Crippen molar-refractivity contribution in [2.75, 3.05) is 0 Å². The Kier molecular flexibility index (Phi) is 4.29. The molecule has 0 unspecified atom stereocenters. The molecule has 19 heavy (non-hydrogen) atoms. The van der Waals surface area contributed by atoms with E-state index in [9.17, 15) is 9.59 Å². The smallest absolute Gasteiger partial charge is 0.376 e. The van der Waals surface area contributed by atoms with Crippen LogP contribution in [0, 0.1) is 0 Å². The predicted molar refractivity (Wildman–Crippen MR) is 79.1 cm³/mol. The highest BCUT2D eigenvalue weighted by Gasteiger charge is 2.06. The van der Waals surface area contributed by atoms with E-state index in [1.165, 1.54) is 17.4 Å². The molecule has 1 N–H and O–H groups in total. The second kappa shape index (κ2) is 5.95. The van der Waals surface area contributed by atoms with Gasteiger partial charge in [-0.15, -0.1) is 11.3 Å². The Morgan fingerprint density at radius 3 is 2.42 bits per heavy atom. The zero-order chi connectivity index (χ0) is 13.8. The molecule has 3 nitrogen and oxygen atoms in total. The van der Waals surface area contributed by atoms with Gasteiger partial charge in [0.15, 0.2) is 0 Å². The van der Waals surface area contributed by atoms with E-state index in [4.69, 9.17) is 5.11 Å². The first kappa shape index (κ1) is 13.7. The van der Waals surface area contributed by atoms with Crippen LogP contribution >= 0.6 is 27.3 Å². The molecule has 0 radical (unpaired) electrons. The average molecular weight is 337 g/mol. The molecule has 2 rings (SSSR count). The SMILES string of the molecule is O=C(O)C(=O)/C=C/c1ccc(-c2ccc(Br)cc2)s1. The number of carbonyl (C=O) groups is 2. The van der Waals surface area contributed by atoms with Gasteiger partial charge in [-0.25, -0.2) is 4.79 Å². The third-order valence-corrected chi connectivity index (χ3v) is 3.99. The molecule has 0 spiro atoms. The molecule has 0 fully saturated rings. The zero-order valence-corrected chi connectivity index (χ0v) is 12.1. The Morgan fingerprint density at radius 1 is 1.11 bits per heavy atom. The molecule has 96 valence electrons. The van der Waals surface area contributed by atoms with Crippen molar-refractivity contribution in [1.29, 1.82) is 0 Å². The first-order chi connectivity index (χ1) is 9.06. The van der Waals surface area contributed by atoms with Crippen LogP contribution in [-0.2, 0) is 9.59 Å². The van der Waals surface area contributed by atoms with Gasteiger partial charge in [-0.1, -0.05) is 28.1 Å². The molecule has 0 bridgehead atoms. The molecule has 5 heteroatoms. The second-order valence-corrected chi connectivity index (χ2v) is 5.74. The summed E-state index contributed by atoms with van der Waals surface area (Å²) in [4.78, 5) is 23.2. The van der Waals surface area contributed by atoms with Gasteiger partial charge in [0.1, 0.15) is 0 Å². The van der Waals surface area contributed by atoms with E-state index < -0.39 is 11.8 Å². The monoisotopic (exact) mass is 336 g/mol. The van der Waals surface area contributed by atoms with Crippen LogP contribution in [0.4, 0.5) is 0 Å². The number of aliphatic carboxylic acids is 1. The summed E-state index contributed by atoms with van der Waals surface area (Å²) in [5.41, 5.74) is 1.08. The number of hydrogen-bond donors (Lipinski definition) is 1. The molecule has 1 heterocycles. The minimum absolute atomic E-state index is 0.840. The third kappa shape index (κ3) is 3.62. The molecule has 0 amide bonds. The molecule has 0 aliphatic rings. The first-order valence-corrected chi connectivity index (χ1v) is 6.98. The van der Waals surface area contributed by atoms with Crippen LogP contribution in [0.15, 0.2) is 46.9 Å². The Hall–Kier alpha value is -1.72. The van der Waals surface area contributed by atoms with Gasteiger partial charge in [0.25, 0.3) is 5.78 Å². The topological polar surface area (TPSA) is 54.4 Å². The van der Waals surface area contributed by atoms with Gasteiger partial charge in [0, 0.05) is 14.2 Å². The summed E-state index contributed by atoms with van der Waals surface area (Å²) in [6.07, 6.45) is 2.59. The standard InChI is InChI=1S/C14H9BrO3S/c15-10-3-1-9(2-4-10)13-8-6-11(19-13)5-7-12(16)14(17)18/h1-8H,(H,17,18)/b7-5+. The van der Waals surface area contributed by atoms with Crippen LogP contribution in [-0.4, -0.2) is 16.9 Å². The number of ketones is 1. The molecule has 1 aromatic carbocycles. The Bertz CT molecular complexity index is 641. The lowest BCUT2D eigenvalue weighted by Crippen LogP contribution is -2.08. The van der Waals surface area contributed by atoms with Crippen LogP contribution in [0.1, 0.15) is 4.88 Å². The molecule has 0 saturated carbocycles. The Labute approximate surface area is 122 Å².